The number of hydrogen-bond acceptors (Lipinski definition) is 4. The molecular formula is C15H21N3O2. The first kappa shape index (κ1) is 16.0. The first-order valence-corrected chi connectivity index (χ1v) is 6.86. The number of benzene rings is 1. The molecule has 1 atom stereocenters. The number of nitrogens with zero attached hydrogens (tertiary/aromatic N) is 1. The van der Waals surface area contributed by atoms with E-state index in [2.05, 4.69) is 10.6 Å². The van der Waals surface area contributed by atoms with Crippen molar-refractivity contribution >= 4 is 5.97 Å². The highest BCUT2D eigenvalue weighted by atomic mass is 16.4. The molecule has 2 rings (SSSR count). The number of carboxylic acids is 1. The molecule has 20 heavy (non-hydrogen) atoms. The van der Waals surface area contributed by atoms with Crippen LogP contribution < -0.4 is 10.6 Å². The van der Waals surface area contributed by atoms with Crippen LogP contribution in [-0.4, -0.2) is 30.2 Å². The summed E-state index contributed by atoms with van der Waals surface area (Å²) in [6, 6.07) is 8.34. The zero-order valence-electron chi connectivity index (χ0n) is 11.5. The second-order valence-corrected chi connectivity index (χ2v) is 4.65. The molecule has 1 fully saturated rings. The first-order chi connectivity index (χ1) is 9.74. The van der Waals surface area contributed by atoms with Gasteiger partial charge in [-0.15, -0.1) is 0 Å². The minimum absolute atomic E-state index is 0.309. The highest BCUT2D eigenvalue weighted by molar-refractivity contribution is 5.74. The van der Waals surface area contributed by atoms with Crippen LogP contribution in [0.25, 0.3) is 0 Å². The number of aliphatic carboxylic acids is 1. The van der Waals surface area contributed by atoms with E-state index in [-0.39, 0.29) is 0 Å². The lowest BCUT2D eigenvalue weighted by molar-refractivity contribution is -0.139. The first-order valence-electron chi connectivity index (χ1n) is 6.86. The fourth-order valence-corrected chi connectivity index (χ4v) is 1.93. The molecule has 0 spiro atoms. The zero-order valence-corrected chi connectivity index (χ0v) is 11.5. The van der Waals surface area contributed by atoms with E-state index in [1.54, 1.807) is 6.19 Å². The van der Waals surface area contributed by atoms with E-state index in [0.29, 0.717) is 6.42 Å². The van der Waals surface area contributed by atoms with Crippen molar-refractivity contribution in [3.8, 4) is 6.19 Å². The second kappa shape index (κ2) is 9.82. The number of hydrogen-bond donors (Lipinski definition) is 3. The van der Waals surface area contributed by atoms with E-state index < -0.39 is 12.0 Å². The van der Waals surface area contributed by atoms with Gasteiger partial charge in [0.2, 0.25) is 0 Å². The van der Waals surface area contributed by atoms with Crippen LogP contribution in [0.4, 0.5) is 0 Å². The maximum atomic E-state index is 10.7. The third-order valence-electron chi connectivity index (χ3n) is 3.03. The molecule has 0 saturated carbocycles. The summed E-state index contributed by atoms with van der Waals surface area (Å²) in [6.07, 6.45) is 6.16. The molecule has 1 aromatic rings. The highest BCUT2D eigenvalue weighted by Gasteiger charge is 2.16. The summed E-state index contributed by atoms with van der Waals surface area (Å²) in [4.78, 5) is 10.7. The molecule has 0 bridgehead atoms. The molecule has 0 amide bonds. The van der Waals surface area contributed by atoms with E-state index in [1.165, 1.54) is 32.4 Å². The van der Waals surface area contributed by atoms with Gasteiger partial charge in [-0.2, -0.15) is 5.26 Å². The Bertz CT molecular complexity index is 413. The Morgan fingerprint density at radius 3 is 2.35 bits per heavy atom. The Balaban J connectivity index is 0.000000276. The lowest BCUT2D eigenvalue weighted by Crippen LogP contribution is -2.35. The molecule has 5 nitrogen and oxygen atoms in total. The largest absolute Gasteiger partial charge is 0.480 e. The average Bonchev–Trinajstić information content (AvgIpc) is 2.50. The lowest BCUT2D eigenvalue weighted by Gasteiger charge is -2.09. The van der Waals surface area contributed by atoms with Crippen LogP contribution >= 0.6 is 0 Å². The summed E-state index contributed by atoms with van der Waals surface area (Å²) in [5.74, 6) is -1.02. The summed E-state index contributed by atoms with van der Waals surface area (Å²) in [5, 5.41) is 22.6. The zero-order chi connectivity index (χ0) is 14.6. The standard InChI is InChI=1S/C10H10N2O2.C5H11N/c11-7-12-9(10(13)14)6-8-4-2-1-3-5-8;1-2-4-6-5-3-1/h1-5,9,12H,6H2,(H,13,14);6H,1-5H2/t9-;/m0./s1. The van der Waals surface area contributed by atoms with Crippen molar-refractivity contribution in [2.45, 2.75) is 31.7 Å². The predicted molar refractivity (Wildman–Crippen MR) is 77.0 cm³/mol. The molecule has 1 heterocycles. The normalized spacial score (nSPS) is 15.2. The van der Waals surface area contributed by atoms with E-state index >= 15 is 0 Å². The molecule has 3 N–H and O–H groups in total. The average molecular weight is 275 g/mol. The SMILES string of the molecule is C1CCNCC1.N#CN[C@@H](Cc1ccccc1)C(=O)O. The smallest absolute Gasteiger partial charge is 0.327 e. The number of carbonyl (C=O) groups is 1. The Morgan fingerprint density at radius 2 is 1.95 bits per heavy atom. The Morgan fingerprint density at radius 1 is 1.30 bits per heavy atom. The summed E-state index contributed by atoms with van der Waals surface area (Å²) >= 11 is 0. The van der Waals surface area contributed by atoms with Crippen molar-refractivity contribution in [3.63, 3.8) is 0 Å². The highest BCUT2D eigenvalue weighted by Crippen LogP contribution is 2.02. The molecule has 0 aromatic heterocycles. The van der Waals surface area contributed by atoms with Gasteiger partial charge in [-0.25, -0.2) is 4.79 Å². The van der Waals surface area contributed by atoms with Crippen LogP contribution in [0.3, 0.4) is 0 Å². The van der Waals surface area contributed by atoms with Gasteiger partial charge in [0.15, 0.2) is 6.19 Å². The van der Waals surface area contributed by atoms with Crippen LogP contribution in [0, 0.1) is 11.5 Å². The van der Waals surface area contributed by atoms with Gasteiger partial charge in [0.1, 0.15) is 6.04 Å². The predicted octanol–water partition coefficient (Wildman–Crippen LogP) is 1.51. The fourth-order valence-electron chi connectivity index (χ4n) is 1.93. The van der Waals surface area contributed by atoms with E-state index in [4.69, 9.17) is 10.4 Å². The molecule has 108 valence electrons. The fraction of sp³-hybridized carbons (Fsp3) is 0.467. The monoisotopic (exact) mass is 275 g/mol. The van der Waals surface area contributed by atoms with Crippen molar-refractivity contribution in [1.29, 1.82) is 5.26 Å². The second-order valence-electron chi connectivity index (χ2n) is 4.65. The van der Waals surface area contributed by atoms with Gasteiger partial charge in [-0.1, -0.05) is 36.8 Å². The summed E-state index contributed by atoms with van der Waals surface area (Å²) in [7, 11) is 0. The third kappa shape index (κ3) is 6.76. The van der Waals surface area contributed by atoms with E-state index in [0.717, 1.165) is 5.56 Å². The van der Waals surface area contributed by atoms with Gasteiger partial charge in [0, 0.05) is 6.42 Å². The van der Waals surface area contributed by atoms with Crippen molar-refractivity contribution < 1.29 is 9.90 Å². The Kier molecular flexibility index (Phi) is 7.85. The van der Waals surface area contributed by atoms with Crippen molar-refractivity contribution in [2.75, 3.05) is 13.1 Å². The topological polar surface area (TPSA) is 85.2 Å². The summed E-state index contributed by atoms with van der Waals surface area (Å²) < 4.78 is 0. The molecule has 0 aliphatic carbocycles. The minimum atomic E-state index is -1.02. The van der Waals surface area contributed by atoms with Crippen molar-refractivity contribution in [3.05, 3.63) is 35.9 Å². The van der Waals surface area contributed by atoms with Crippen molar-refractivity contribution in [2.24, 2.45) is 0 Å². The van der Waals surface area contributed by atoms with Gasteiger partial charge in [-0.05, 0) is 31.5 Å². The third-order valence-corrected chi connectivity index (χ3v) is 3.03. The van der Waals surface area contributed by atoms with E-state index in [9.17, 15) is 4.79 Å². The summed E-state index contributed by atoms with van der Waals surface area (Å²) in [5.41, 5.74) is 0.891. The minimum Gasteiger partial charge on any atom is -0.480 e. The Labute approximate surface area is 119 Å². The lowest BCUT2D eigenvalue weighted by atomic mass is 10.1. The van der Waals surface area contributed by atoms with Crippen LogP contribution in [0.1, 0.15) is 24.8 Å². The van der Waals surface area contributed by atoms with Crippen LogP contribution in [0.15, 0.2) is 30.3 Å². The van der Waals surface area contributed by atoms with Crippen LogP contribution in [-0.2, 0) is 11.2 Å². The number of piperidine rings is 1. The van der Waals surface area contributed by atoms with Crippen LogP contribution in [0.5, 0.6) is 0 Å². The molecule has 1 saturated heterocycles. The maximum Gasteiger partial charge on any atom is 0.327 e. The van der Waals surface area contributed by atoms with Gasteiger partial charge in [0.25, 0.3) is 0 Å². The van der Waals surface area contributed by atoms with Gasteiger partial charge in [-0.3, -0.25) is 0 Å². The molecule has 1 aromatic carbocycles. The molecule has 0 radical (unpaired) electrons. The molecule has 1 aliphatic rings. The van der Waals surface area contributed by atoms with Gasteiger partial charge < -0.3 is 15.7 Å². The van der Waals surface area contributed by atoms with Gasteiger partial charge in [0.05, 0.1) is 0 Å². The number of carboxylic acid groups (broad SMARTS) is 1. The quantitative estimate of drug-likeness (QED) is 0.573. The number of rotatable bonds is 4. The maximum absolute atomic E-state index is 10.7. The Hall–Kier alpha value is -2.06. The number of nitrogens with one attached hydrogen (secondary N) is 2. The number of nitriles is 1. The molecule has 1 aliphatic heterocycles. The van der Waals surface area contributed by atoms with Crippen LogP contribution in [0.2, 0.25) is 0 Å². The van der Waals surface area contributed by atoms with Crippen molar-refractivity contribution in [1.82, 2.24) is 10.6 Å². The molecular weight excluding hydrogens is 254 g/mol. The summed E-state index contributed by atoms with van der Waals surface area (Å²) in [6.45, 7) is 2.50. The van der Waals surface area contributed by atoms with Gasteiger partial charge >= 0.3 is 5.97 Å². The molecule has 5 heteroatoms. The molecule has 0 unspecified atom stereocenters. The van der Waals surface area contributed by atoms with E-state index in [1.807, 2.05) is 30.3 Å².